The average Bonchev–Trinajstić information content (AvgIpc) is 2.99. The number of nitrogens with one attached hydrogen (secondary N) is 1. The largest absolute Gasteiger partial charge is 0.478 e. The van der Waals surface area contributed by atoms with Crippen LogP contribution >= 0.6 is 0 Å². The van der Waals surface area contributed by atoms with Gasteiger partial charge in [0.05, 0.1) is 22.7 Å². The number of sulfonamides is 1. The van der Waals surface area contributed by atoms with Gasteiger partial charge in [-0.2, -0.15) is 4.98 Å². The zero-order valence-electron chi connectivity index (χ0n) is 27.4. The highest BCUT2D eigenvalue weighted by atomic mass is 32.2. The van der Waals surface area contributed by atoms with Crippen LogP contribution in [-0.4, -0.2) is 58.7 Å². The molecule has 4 rings (SSSR count). The third kappa shape index (κ3) is 9.52. The van der Waals surface area contributed by atoms with Crippen molar-refractivity contribution in [2.75, 3.05) is 11.3 Å². The third-order valence-electron chi connectivity index (χ3n) is 7.09. The van der Waals surface area contributed by atoms with Crippen LogP contribution in [-0.2, 0) is 21.3 Å². The van der Waals surface area contributed by atoms with Crippen LogP contribution in [0.1, 0.15) is 61.2 Å². The molecular formula is C35H40N4O7S. The van der Waals surface area contributed by atoms with E-state index in [2.05, 4.69) is 14.7 Å². The zero-order valence-corrected chi connectivity index (χ0v) is 28.2. The monoisotopic (exact) mass is 660 g/mol. The molecule has 2 N–H and O–H groups in total. The molecule has 0 fully saturated rings. The van der Waals surface area contributed by atoms with Crippen molar-refractivity contribution < 1.29 is 32.6 Å². The Hall–Kier alpha value is -4.97. The number of benzene rings is 3. The molecule has 0 bridgehead atoms. The number of carboxylic acid groups (broad SMARTS) is 1. The van der Waals surface area contributed by atoms with E-state index in [4.69, 9.17) is 9.47 Å². The summed E-state index contributed by atoms with van der Waals surface area (Å²) < 4.78 is 41.2. The Morgan fingerprint density at radius 1 is 0.936 bits per heavy atom. The molecule has 47 heavy (non-hydrogen) atoms. The lowest BCUT2D eigenvalue weighted by Gasteiger charge is -2.30. The van der Waals surface area contributed by atoms with Gasteiger partial charge in [-0.25, -0.2) is 27.7 Å². The molecule has 4 aromatic rings. The molecule has 1 atom stereocenters. The molecule has 0 aliphatic heterocycles. The molecule has 0 radical (unpaired) electrons. The van der Waals surface area contributed by atoms with Crippen LogP contribution in [0.15, 0.2) is 83.8 Å². The van der Waals surface area contributed by atoms with E-state index in [0.717, 1.165) is 28.3 Å². The second kappa shape index (κ2) is 14.6. The zero-order chi connectivity index (χ0) is 34.4. The number of ether oxygens (including phenoxy) is 2. The predicted octanol–water partition coefficient (Wildman–Crippen LogP) is 6.85. The minimum absolute atomic E-state index is 0.0883. The second-order valence-electron chi connectivity index (χ2n) is 12.1. The fraction of sp³-hybridized carbons (Fsp3) is 0.314. The lowest BCUT2D eigenvalue weighted by atomic mass is 10.00. The number of hydrogen-bond acceptors (Lipinski definition) is 8. The van der Waals surface area contributed by atoms with Crippen molar-refractivity contribution >= 4 is 28.0 Å². The van der Waals surface area contributed by atoms with Gasteiger partial charge in [0, 0.05) is 18.2 Å². The molecule has 0 saturated carbocycles. The van der Waals surface area contributed by atoms with E-state index in [9.17, 15) is 23.1 Å². The summed E-state index contributed by atoms with van der Waals surface area (Å²) in [5.74, 6) is -1.43. The normalized spacial score (nSPS) is 12.2. The standard InChI is InChI=1S/C35H40N4O7S/c1-7-27(22-39(34(42)46-35(4,5)6)21-25-15-9-8-10-16-25)45-30-20-29(31-23(2)13-11-14-24(31)3)36-33(37-30)38-47(43,44)28-18-12-17-26(19-28)32(40)41/h8-20,27H,7,21-22H2,1-6H3,(H,40,41)(H,36,37,38)/t27-/m1/s1. The lowest BCUT2D eigenvalue weighted by Crippen LogP contribution is -2.42. The SMILES string of the molecule is CC[C@H](CN(Cc1ccccc1)C(=O)OC(C)(C)C)Oc1cc(-c2c(C)cccc2C)nc(NS(=O)(=O)c2cccc(C(=O)O)c2)n1. The molecule has 248 valence electrons. The first-order valence-corrected chi connectivity index (χ1v) is 16.6. The Bertz CT molecular complexity index is 1820. The summed E-state index contributed by atoms with van der Waals surface area (Å²) in [6.07, 6.45) is -0.567. The summed E-state index contributed by atoms with van der Waals surface area (Å²) in [5, 5.41) is 9.37. The third-order valence-corrected chi connectivity index (χ3v) is 8.42. The van der Waals surface area contributed by atoms with E-state index in [1.165, 1.54) is 18.2 Å². The predicted molar refractivity (Wildman–Crippen MR) is 179 cm³/mol. The number of carbonyl (C=O) groups is 2. The van der Waals surface area contributed by atoms with Gasteiger partial charge in [-0.15, -0.1) is 0 Å². The van der Waals surface area contributed by atoms with E-state index in [1.54, 1.807) is 31.7 Å². The molecule has 3 aromatic carbocycles. The quantitative estimate of drug-likeness (QED) is 0.166. The van der Waals surface area contributed by atoms with E-state index >= 15 is 0 Å². The summed E-state index contributed by atoms with van der Waals surface area (Å²) in [6, 6.07) is 21.9. The van der Waals surface area contributed by atoms with Crippen LogP contribution in [0.4, 0.5) is 10.7 Å². The van der Waals surface area contributed by atoms with Crippen molar-refractivity contribution in [1.29, 1.82) is 0 Å². The minimum Gasteiger partial charge on any atom is -0.478 e. The van der Waals surface area contributed by atoms with Gasteiger partial charge in [-0.05, 0) is 75.9 Å². The maximum absolute atomic E-state index is 13.4. The maximum Gasteiger partial charge on any atom is 0.410 e. The number of hydrogen-bond donors (Lipinski definition) is 2. The van der Waals surface area contributed by atoms with Crippen molar-refractivity contribution in [2.24, 2.45) is 0 Å². The lowest BCUT2D eigenvalue weighted by molar-refractivity contribution is 0.0143. The molecule has 0 aliphatic carbocycles. The molecule has 11 nitrogen and oxygen atoms in total. The number of aryl methyl sites for hydroxylation is 2. The minimum atomic E-state index is -4.28. The van der Waals surface area contributed by atoms with Gasteiger partial charge >= 0.3 is 12.1 Å². The summed E-state index contributed by atoms with van der Waals surface area (Å²) >= 11 is 0. The van der Waals surface area contributed by atoms with Gasteiger partial charge in [-0.3, -0.25) is 0 Å². The van der Waals surface area contributed by atoms with Gasteiger partial charge in [0.25, 0.3) is 10.0 Å². The van der Waals surface area contributed by atoms with E-state index < -0.39 is 33.8 Å². The van der Waals surface area contributed by atoms with Gasteiger partial charge in [0.1, 0.15) is 11.7 Å². The number of carbonyl (C=O) groups excluding carboxylic acids is 1. The van der Waals surface area contributed by atoms with Crippen molar-refractivity contribution in [3.63, 3.8) is 0 Å². The first-order chi connectivity index (χ1) is 22.1. The van der Waals surface area contributed by atoms with E-state index in [1.807, 2.05) is 69.3 Å². The number of aromatic carboxylic acids is 1. The summed E-state index contributed by atoms with van der Waals surface area (Å²) in [5.41, 5.74) is 3.03. The first kappa shape index (κ1) is 34.9. The number of rotatable bonds is 12. The molecule has 0 unspecified atom stereocenters. The topological polar surface area (TPSA) is 148 Å². The molecule has 0 spiro atoms. The molecule has 0 saturated heterocycles. The number of carboxylic acids is 1. The fourth-order valence-corrected chi connectivity index (χ4v) is 5.84. The molecule has 1 aromatic heterocycles. The number of anilines is 1. The highest BCUT2D eigenvalue weighted by molar-refractivity contribution is 7.92. The van der Waals surface area contributed by atoms with Crippen LogP contribution in [0.3, 0.4) is 0 Å². The molecule has 12 heteroatoms. The molecule has 1 amide bonds. The Morgan fingerprint density at radius 2 is 1.60 bits per heavy atom. The number of amides is 1. The van der Waals surface area contributed by atoms with Crippen molar-refractivity contribution in [3.05, 3.63) is 101 Å². The van der Waals surface area contributed by atoms with E-state index in [-0.39, 0.29) is 35.4 Å². The number of nitrogens with zero attached hydrogens (tertiary/aromatic N) is 3. The highest BCUT2D eigenvalue weighted by Gasteiger charge is 2.26. The van der Waals surface area contributed by atoms with Gasteiger partial charge < -0.3 is 19.5 Å². The Balaban J connectivity index is 1.71. The molecule has 1 heterocycles. The van der Waals surface area contributed by atoms with Gasteiger partial charge in [0.2, 0.25) is 11.8 Å². The molecule has 0 aliphatic rings. The number of aromatic nitrogens is 2. The average molecular weight is 661 g/mol. The van der Waals surface area contributed by atoms with Crippen LogP contribution in [0.25, 0.3) is 11.3 Å². The van der Waals surface area contributed by atoms with Gasteiger partial charge in [0.15, 0.2) is 0 Å². The van der Waals surface area contributed by atoms with E-state index in [0.29, 0.717) is 12.1 Å². The smallest absolute Gasteiger partial charge is 0.410 e. The maximum atomic E-state index is 13.4. The summed E-state index contributed by atoms with van der Waals surface area (Å²) in [4.78, 5) is 35.0. The van der Waals surface area contributed by atoms with Crippen LogP contribution < -0.4 is 9.46 Å². The Morgan fingerprint density at radius 3 is 2.21 bits per heavy atom. The van der Waals surface area contributed by atoms with Crippen molar-refractivity contribution in [3.8, 4) is 17.1 Å². The fourth-order valence-electron chi connectivity index (χ4n) is 4.85. The van der Waals surface area contributed by atoms with Crippen molar-refractivity contribution in [2.45, 2.75) is 71.1 Å². The van der Waals surface area contributed by atoms with Gasteiger partial charge in [-0.1, -0.05) is 61.5 Å². The summed E-state index contributed by atoms with van der Waals surface area (Å²) in [6.45, 7) is 11.6. The summed E-state index contributed by atoms with van der Waals surface area (Å²) in [7, 11) is -4.28. The second-order valence-corrected chi connectivity index (χ2v) is 13.8. The van der Waals surface area contributed by atoms with Crippen LogP contribution in [0.2, 0.25) is 0 Å². The van der Waals surface area contributed by atoms with Crippen molar-refractivity contribution in [1.82, 2.24) is 14.9 Å². The van der Waals surface area contributed by atoms with Crippen LogP contribution in [0.5, 0.6) is 5.88 Å². The highest BCUT2D eigenvalue weighted by Crippen LogP contribution is 2.30. The molecular weight excluding hydrogens is 620 g/mol. The first-order valence-electron chi connectivity index (χ1n) is 15.2. The van der Waals surface area contributed by atoms with Crippen LogP contribution in [0, 0.1) is 13.8 Å². The Kier molecular flexibility index (Phi) is 10.9. The Labute approximate surface area is 275 Å².